The van der Waals surface area contributed by atoms with Crippen molar-refractivity contribution in [2.75, 3.05) is 20.3 Å². The summed E-state index contributed by atoms with van der Waals surface area (Å²) in [5.74, 6) is 2.49. The van der Waals surface area contributed by atoms with Crippen molar-refractivity contribution in [3.63, 3.8) is 0 Å². The van der Waals surface area contributed by atoms with Crippen LogP contribution in [0.1, 0.15) is 86.2 Å². The summed E-state index contributed by atoms with van der Waals surface area (Å²) in [5, 5.41) is 37.8. The van der Waals surface area contributed by atoms with E-state index in [2.05, 4.69) is 17.0 Å². The van der Waals surface area contributed by atoms with Crippen molar-refractivity contribution in [1.82, 2.24) is 9.88 Å². The number of phenolic OH excluding ortho intramolecular Hbond substituents is 1. The van der Waals surface area contributed by atoms with Crippen LogP contribution in [0.2, 0.25) is 0 Å². The van der Waals surface area contributed by atoms with Crippen molar-refractivity contribution < 1.29 is 48.6 Å². The predicted octanol–water partition coefficient (Wildman–Crippen LogP) is 6.04. The number of ether oxygens (including phenoxy) is 5. The number of aromatic nitrogens is 1. The lowest BCUT2D eigenvalue weighted by Gasteiger charge is -2.41. The van der Waals surface area contributed by atoms with Crippen molar-refractivity contribution in [2.24, 2.45) is 0 Å². The molecule has 5 heterocycles. The molecule has 4 aromatic carbocycles. The van der Waals surface area contributed by atoms with Gasteiger partial charge in [-0.15, -0.1) is 0 Å². The minimum absolute atomic E-state index is 0.00513. The van der Waals surface area contributed by atoms with Crippen LogP contribution in [0, 0.1) is 12.0 Å². The van der Waals surface area contributed by atoms with E-state index < -0.39 is 42.6 Å². The molecule has 12 nitrogen and oxygen atoms in total. The third kappa shape index (κ3) is 6.00. The number of rotatable bonds is 3. The fourth-order valence-corrected chi connectivity index (χ4v) is 9.42. The number of amides is 1. The number of aliphatic hydroxyl groups is 2. The van der Waals surface area contributed by atoms with Crippen LogP contribution in [0.5, 0.6) is 17.2 Å². The van der Waals surface area contributed by atoms with Gasteiger partial charge in [0.1, 0.15) is 41.7 Å². The topological polar surface area (TPSA) is 160 Å². The molecule has 1 saturated heterocycles. The summed E-state index contributed by atoms with van der Waals surface area (Å²) in [6.45, 7) is -0.182. The zero-order chi connectivity index (χ0) is 39.7. The minimum atomic E-state index is -1.57. The first-order valence-corrected chi connectivity index (χ1v) is 19.8. The van der Waals surface area contributed by atoms with Gasteiger partial charge in [0.05, 0.1) is 36.8 Å². The molecular weight excluding hydrogens is 741 g/mol. The molecule has 1 saturated carbocycles. The Morgan fingerprint density at radius 3 is 2.67 bits per heavy atom. The lowest BCUT2D eigenvalue weighted by atomic mass is 9.86. The van der Waals surface area contributed by atoms with E-state index in [0.29, 0.717) is 27.8 Å². The van der Waals surface area contributed by atoms with Crippen molar-refractivity contribution >= 4 is 39.4 Å². The smallest absolute Gasteiger partial charge is 0.254 e. The minimum Gasteiger partial charge on any atom is -0.506 e. The van der Waals surface area contributed by atoms with Gasteiger partial charge in [-0.05, 0) is 71.2 Å². The van der Waals surface area contributed by atoms with Crippen LogP contribution in [0.25, 0.3) is 27.8 Å². The van der Waals surface area contributed by atoms with Gasteiger partial charge in [-0.3, -0.25) is 9.59 Å². The van der Waals surface area contributed by atoms with E-state index in [1.165, 1.54) is 12.0 Å². The zero-order valence-electron chi connectivity index (χ0n) is 31.8. The molecule has 12 heteroatoms. The van der Waals surface area contributed by atoms with Crippen molar-refractivity contribution in [3.05, 3.63) is 106 Å². The monoisotopic (exact) mass is 782 g/mol. The number of carbonyl (C=O) groups is 2. The van der Waals surface area contributed by atoms with Crippen LogP contribution >= 0.6 is 0 Å². The van der Waals surface area contributed by atoms with Gasteiger partial charge in [0.25, 0.3) is 5.91 Å². The van der Waals surface area contributed by atoms with Crippen LogP contribution in [0.3, 0.4) is 0 Å². The molecule has 1 aliphatic carbocycles. The van der Waals surface area contributed by atoms with Crippen molar-refractivity contribution in [2.45, 2.75) is 81.4 Å². The summed E-state index contributed by atoms with van der Waals surface area (Å²) in [7, 11) is 1.53. The van der Waals surface area contributed by atoms with Gasteiger partial charge in [0, 0.05) is 41.2 Å². The summed E-state index contributed by atoms with van der Waals surface area (Å²) in [6, 6.07) is 16.9. The number of para-hydroxylation sites is 1. The maximum Gasteiger partial charge on any atom is 0.254 e. The van der Waals surface area contributed by atoms with Gasteiger partial charge < -0.3 is 48.9 Å². The largest absolute Gasteiger partial charge is 0.506 e. The van der Waals surface area contributed by atoms with Crippen LogP contribution < -0.4 is 9.47 Å². The molecule has 5 aliphatic rings. The Hall–Kier alpha value is -5.84. The molecule has 0 radical (unpaired) electrons. The molecule has 6 atom stereocenters. The number of fused-ring (bicyclic) bond motifs is 5. The molecule has 296 valence electrons. The molecule has 4 N–H and O–H groups in total. The third-order valence-electron chi connectivity index (χ3n) is 12.4. The van der Waals surface area contributed by atoms with E-state index in [4.69, 9.17) is 23.7 Å². The average molecular weight is 783 g/mol. The molecule has 10 rings (SSSR count). The molecule has 2 fully saturated rings. The third-order valence-corrected chi connectivity index (χ3v) is 12.4. The molecule has 0 unspecified atom stereocenters. The van der Waals surface area contributed by atoms with Gasteiger partial charge in [0.2, 0.25) is 6.29 Å². The summed E-state index contributed by atoms with van der Waals surface area (Å²) in [6.07, 6.45) is 4.53. The van der Waals surface area contributed by atoms with Crippen LogP contribution in [-0.4, -0.2) is 87.9 Å². The Bertz CT molecular complexity index is 2580. The lowest BCUT2D eigenvalue weighted by Crippen LogP contribution is -2.60. The van der Waals surface area contributed by atoms with Crippen molar-refractivity contribution in [1.29, 1.82) is 0 Å². The molecule has 58 heavy (non-hydrogen) atoms. The molecule has 5 aromatic rings. The van der Waals surface area contributed by atoms with E-state index >= 15 is 0 Å². The zero-order valence-corrected chi connectivity index (χ0v) is 31.8. The number of hydrogen-bond donors (Lipinski definition) is 4. The van der Waals surface area contributed by atoms with E-state index in [9.17, 15) is 24.9 Å². The maximum atomic E-state index is 14.7. The first kappa shape index (κ1) is 36.5. The number of hydrogen-bond acceptors (Lipinski definition) is 10. The predicted molar refractivity (Wildman–Crippen MR) is 213 cm³/mol. The highest BCUT2D eigenvalue weighted by Crippen LogP contribution is 2.49. The van der Waals surface area contributed by atoms with Crippen molar-refractivity contribution in [3.8, 4) is 29.3 Å². The van der Waals surface area contributed by atoms with Gasteiger partial charge in [-0.25, -0.2) is 0 Å². The summed E-state index contributed by atoms with van der Waals surface area (Å²) < 4.78 is 31.5. The standard InChI is InChI=1S/C46H42N2O10/c1-54-36-19-26-18-30(24-8-2-3-9-24)39-34(49)22-48-21-32-25(10-6-13-28(32)45(48)53)11-7-17-55-44-40(50)37-23-56-35(31-20-47-33-14-5-4-12-27(31)33)16-15-29(36)43(38(26)41(39)51)58-46(57-37)42(44)52/h4-6,10,12-16,18-20,24,35,37,40,42,44,46-47,50-52H,2-3,8-9,11,21-23H2,1H3/b16-15+/t35-,37-,40-,42-,44+,46-/m1/s1. The fourth-order valence-electron chi connectivity index (χ4n) is 9.42. The van der Waals surface area contributed by atoms with E-state index in [1.807, 2.05) is 48.7 Å². The summed E-state index contributed by atoms with van der Waals surface area (Å²) >= 11 is 0. The van der Waals surface area contributed by atoms with Gasteiger partial charge >= 0.3 is 0 Å². The first-order chi connectivity index (χ1) is 28.3. The second kappa shape index (κ2) is 14.5. The molecule has 1 aromatic heterocycles. The van der Waals surface area contributed by atoms with E-state index in [1.54, 1.807) is 24.3 Å². The Balaban J connectivity index is 1.21. The first-order valence-electron chi connectivity index (χ1n) is 19.8. The highest BCUT2D eigenvalue weighted by Gasteiger charge is 2.48. The highest BCUT2D eigenvalue weighted by atomic mass is 16.7. The fraction of sp³-hybridized carbons (Fsp3) is 0.348. The number of carbonyl (C=O) groups excluding carboxylic acids is 2. The van der Waals surface area contributed by atoms with Crippen LogP contribution in [0.15, 0.2) is 66.9 Å². The number of aromatic amines is 1. The maximum absolute atomic E-state index is 14.7. The number of nitrogens with one attached hydrogen (secondary N) is 1. The Morgan fingerprint density at radius 1 is 0.983 bits per heavy atom. The molecule has 8 bridgehead atoms. The number of ketones is 1. The SMILES string of the molecule is COc1cc2cc(C3CCCC3)c3c(O)c2c2c1/C=C/[C@H](c1c[nH]c4ccccc14)OC[C@H]1O[C@H](O2)[C@H](O)[C@@H](OC#CCc2cccc4c2CN(CC3=O)C4=O)[C@@H]1O. The number of aliphatic hydroxyl groups excluding tert-OH is 2. The average Bonchev–Trinajstić information content (AvgIpc) is 3.98. The lowest BCUT2D eigenvalue weighted by molar-refractivity contribution is -0.279. The summed E-state index contributed by atoms with van der Waals surface area (Å²) in [4.78, 5) is 33.3. The Kier molecular flexibility index (Phi) is 9.14. The number of H-pyrrole nitrogens is 1. The number of nitrogens with zero attached hydrogens (tertiary/aromatic N) is 1. The Morgan fingerprint density at radius 2 is 1.83 bits per heavy atom. The molecule has 0 spiro atoms. The van der Waals surface area contributed by atoms with Gasteiger partial charge in [0.15, 0.2) is 18.0 Å². The van der Waals surface area contributed by atoms with Gasteiger partial charge in [-0.2, -0.15) is 0 Å². The Labute approximate surface area is 333 Å². The van der Waals surface area contributed by atoms with Crippen LogP contribution in [0.4, 0.5) is 0 Å². The number of methoxy groups -OCH3 is 1. The summed E-state index contributed by atoms with van der Waals surface area (Å²) in [5.41, 5.74) is 4.99. The number of aromatic hydroxyl groups is 1. The van der Waals surface area contributed by atoms with E-state index in [-0.39, 0.29) is 60.4 Å². The molecular formula is C46H42N2O10. The highest BCUT2D eigenvalue weighted by molar-refractivity contribution is 6.11. The number of benzene rings is 4. The van der Waals surface area contributed by atoms with E-state index in [0.717, 1.165) is 53.3 Å². The molecule has 1 amide bonds. The second-order valence-electron chi connectivity index (χ2n) is 15.7. The number of phenols is 1. The van der Waals surface area contributed by atoms with Gasteiger partial charge in [-0.1, -0.05) is 55.2 Å². The second-order valence-corrected chi connectivity index (χ2v) is 15.7. The molecule has 4 aliphatic heterocycles. The quantitative estimate of drug-likeness (QED) is 0.159. The number of Topliss-reactive ketones (excluding diaryl/α,β-unsaturated/α-hetero) is 1. The normalized spacial score (nSPS) is 26.3. The van der Waals surface area contributed by atoms with Crippen LogP contribution in [-0.2, 0) is 27.2 Å².